The molecule has 0 aliphatic heterocycles. The quantitative estimate of drug-likeness (QED) is 0.494. The minimum absolute atomic E-state index is 0.0363. The molecule has 7 nitrogen and oxygen atoms in total. The molecule has 1 aromatic carbocycles. The van der Waals surface area contributed by atoms with E-state index >= 15 is 0 Å². The Kier molecular flexibility index (Phi) is 6.96. The van der Waals surface area contributed by atoms with Crippen LogP contribution < -0.4 is 16.0 Å². The van der Waals surface area contributed by atoms with Crippen LogP contribution in [0.1, 0.15) is 18.9 Å². The lowest BCUT2D eigenvalue weighted by molar-refractivity contribution is -0.384. The molecule has 0 heterocycles. The Labute approximate surface area is 136 Å². The number of halogens is 3. The number of nitro benzene ring substituents is 1. The number of benzene rings is 1. The maximum absolute atomic E-state index is 12.6. The highest BCUT2D eigenvalue weighted by molar-refractivity contribution is 5.76. The van der Waals surface area contributed by atoms with Crippen LogP contribution >= 0.6 is 0 Å². The van der Waals surface area contributed by atoms with Crippen LogP contribution in [0.25, 0.3) is 0 Å². The second kappa shape index (κ2) is 8.48. The highest BCUT2D eigenvalue weighted by atomic mass is 19.4. The number of anilines is 1. The van der Waals surface area contributed by atoms with Gasteiger partial charge in [-0.1, -0.05) is 0 Å². The van der Waals surface area contributed by atoms with Gasteiger partial charge in [0.25, 0.3) is 5.69 Å². The summed E-state index contributed by atoms with van der Waals surface area (Å²) in [5, 5.41) is 19.1. The minimum atomic E-state index is -4.66. The zero-order valence-electron chi connectivity index (χ0n) is 13.2. The molecule has 10 heteroatoms. The Morgan fingerprint density at radius 1 is 1.38 bits per heavy atom. The molecule has 1 amide bonds. The minimum Gasteiger partial charge on any atom is -0.379 e. The van der Waals surface area contributed by atoms with Gasteiger partial charge in [-0.15, -0.1) is 0 Å². The van der Waals surface area contributed by atoms with Crippen LogP contribution in [0.2, 0.25) is 0 Å². The highest BCUT2D eigenvalue weighted by Gasteiger charge is 2.33. The zero-order valence-corrected chi connectivity index (χ0v) is 13.2. The molecule has 0 fully saturated rings. The summed E-state index contributed by atoms with van der Waals surface area (Å²) in [7, 11) is 1.75. The van der Waals surface area contributed by atoms with E-state index in [0.29, 0.717) is 12.6 Å². The third-order valence-corrected chi connectivity index (χ3v) is 3.29. The molecular formula is C14H19F3N4O3. The fourth-order valence-corrected chi connectivity index (χ4v) is 1.78. The standard InChI is InChI=1S/C14H19F3N4O3/c1-9(18-2)8-20-13(22)5-6-19-11-4-3-10(14(15,16)17)7-12(11)21(23)24/h3-4,7,9,18-19H,5-6,8H2,1-2H3,(H,20,22). The van der Waals surface area contributed by atoms with Gasteiger partial charge in [0, 0.05) is 31.6 Å². The zero-order chi connectivity index (χ0) is 18.3. The van der Waals surface area contributed by atoms with Gasteiger partial charge in [0.05, 0.1) is 10.5 Å². The molecule has 24 heavy (non-hydrogen) atoms. The smallest absolute Gasteiger partial charge is 0.379 e. The molecule has 1 atom stereocenters. The molecule has 0 saturated carbocycles. The van der Waals surface area contributed by atoms with Gasteiger partial charge in [-0.3, -0.25) is 14.9 Å². The van der Waals surface area contributed by atoms with E-state index in [4.69, 9.17) is 0 Å². The van der Waals surface area contributed by atoms with E-state index in [1.807, 2.05) is 6.92 Å². The van der Waals surface area contributed by atoms with E-state index in [2.05, 4.69) is 16.0 Å². The molecule has 1 aromatic rings. The van der Waals surface area contributed by atoms with Crippen LogP contribution in [0.3, 0.4) is 0 Å². The van der Waals surface area contributed by atoms with Crippen molar-refractivity contribution in [1.82, 2.24) is 10.6 Å². The Balaban J connectivity index is 2.65. The van der Waals surface area contributed by atoms with Crippen LogP contribution in [0.15, 0.2) is 18.2 Å². The molecule has 1 rings (SSSR count). The SMILES string of the molecule is CNC(C)CNC(=O)CCNc1ccc(C(F)(F)F)cc1[N+](=O)[O-]. The lowest BCUT2D eigenvalue weighted by Crippen LogP contribution is -2.37. The largest absolute Gasteiger partial charge is 0.416 e. The molecule has 1 unspecified atom stereocenters. The number of likely N-dealkylation sites (N-methyl/N-ethyl adjacent to an activating group) is 1. The van der Waals surface area contributed by atoms with Gasteiger partial charge in [0.15, 0.2) is 0 Å². The van der Waals surface area contributed by atoms with Crippen LogP contribution in [-0.2, 0) is 11.0 Å². The molecule has 0 radical (unpaired) electrons. The van der Waals surface area contributed by atoms with Crippen molar-refractivity contribution in [2.75, 3.05) is 25.5 Å². The number of hydrogen-bond donors (Lipinski definition) is 3. The summed E-state index contributed by atoms with van der Waals surface area (Å²) < 4.78 is 37.8. The van der Waals surface area contributed by atoms with Crippen LogP contribution in [0.4, 0.5) is 24.5 Å². The summed E-state index contributed by atoms with van der Waals surface area (Å²) in [4.78, 5) is 21.6. The average molecular weight is 348 g/mol. The molecule has 0 aliphatic carbocycles. The summed E-state index contributed by atoms with van der Waals surface area (Å²) in [6.07, 6.45) is -4.62. The molecular weight excluding hydrogens is 329 g/mol. The van der Waals surface area contributed by atoms with Crippen molar-refractivity contribution < 1.29 is 22.9 Å². The molecule has 0 spiro atoms. The highest BCUT2D eigenvalue weighted by Crippen LogP contribution is 2.34. The monoisotopic (exact) mass is 348 g/mol. The van der Waals surface area contributed by atoms with Gasteiger partial charge >= 0.3 is 6.18 Å². The topological polar surface area (TPSA) is 96.3 Å². The number of carbonyl (C=O) groups excluding carboxylic acids is 1. The van der Waals surface area contributed by atoms with Crippen molar-refractivity contribution in [2.24, 2.45) is 0 Å². The molecule has 3 N–H and O–H groups in total. The maximum atomic E-state index is 12.6. The number of hydrogen-bond acceptors (Lipinski definition) is 5. The van der Waals surface area contributed by atoms with Crippen LogP contribution in [-0.4, -0.2) is 37.0 Å². The predicted octanol–water partition coefficient (Wildman–Crippen LogP) is 2.14. The number of nitrogens with one attached hydrogen (secondary N) is 3. The van der Waals surface area contributed by atoms with Crippen LogP contribution in [0, 0.1) is 10.1 Å². The average Bonchev–Trinajstić information content (AvgIpc) is 2.51. The fraction of sp³-hybridized carbons (Fsp3) is 0.500. The van der Waals surface area contributed by atoms with Crippen molar-refractivity contribution >= 4 is 17.3 Å². The third-order valence-electron chi connectivity index (χ3n) is 3.29. The van der Waals surface area contributed by atoms with E-state index < -0.39 is 22.4 Å². The predicted molar refractivity (Wildman–Crippen MR) is 82.7 cm³/mol. The molecule has 0 bridgehead atoms. The summed E-state index contributed by atoms with van der Waals surface area (Å²) in [5.41, 5.74) is -1.85. The van der Waals surface area contributed by atoms with Gasteiger partial charge < -0.3 is 16.0 Å². The fourth-order valence-electron chi connectivity index (χ4n) is 1.78. The van der Waals surface area contributed by atoms with Crippen LogP contribution in [0.5, 0.6) is 0 Å². The van der Waals surface area contributed by atoms with Gasteiger partial charge in [-0.25, -0.2) is 0 Å². The van der Waals surface area contributed by atoms with Crippen molar-refractivity contribution in [3.8, 4) is 0 Å². The van der Waals surface area contributed by atoms with Gasteiger partial charge in [0.1, 0.15) is 5.69 Å². The Morgan fingerprint density at radius 2 is 2.04 bits per heavy atom. The summed E-state index contributed by atoms with van der Waals surface area (Å²) in [6, 6.07) is 2.31. The number of carbonyl (C=O) groups is 1. The first-order chi connectivity index (χ1) is 11.1. The Morgan fingerprint density at radius 3 is 2.58 bits per heavy atom. The third kappa shape index (κ3) is 6.03. The van der Waals surface area contributed by atoms with E-state index in [1.54, 1.807) is 7.05 Å². The molecule has 0 aliphatic rings. The van der Waals surface area contributed by atoms with Gasteiger partial charge in [-0.2, -0.15) is 13.2 Å². The van der Waals surface area contributed by atoms with Gasteiger partial charge in [0.2, 0.25) is 5.91 Å². The first-order valence-electron chi connectivity index (χ1n) is 7.18. The lowest BCUT2D eigenvalue weighted by Gasteiger charge is -2.12. The van der Waals surface area contributed by atoms with E-state index in [0.717, 1.165) is 12.1 Å². The number of amides is 1. The summed E-state index contributed by atoms with van der Waals surface area (Å²) in [5.74, 6) is -0.265. The summed E-state index contributed by atoms with van der Waals surface area (Å²) >= 11 is 0. The number of nitrogens with zero attached hydrogens (tertiary/aromatic N) is 1. The number of nitro groups is 1. The Hall–Kier alpha value is -2.36. The molecule has 0 aromatic heterocycles. The second-order valence-corrected chi connectivity index (χ2v) is 5.16. The van der Waals surface area contributed by atoms with E-state index in [-0.39, 0.29) is 30.6 Å². The van der Waals surface area contributed by atoms with Crippen molar-refractivity contribution in [3.05, 3.63) is 33.9 Å². The van der Waals surface area contributed by atoms with E-state index in [1.165, 1.54) is 0 Å². The number of rotatable bonds is 8. The maximum Gasteiger partial charge on any atom is 0.416 e. The van der Waals surface area contributed by atoms with Crippen molar-refractivity contribution in [1.29, 1.82) is 0 Å². The van der Waals surface area contributed by atoms with E-state index in [9.17, 15) is 28.1 Å². The lowest BCUT2D eigenvalue weighted by atomic mass is 10.1. The van der Waals surface area contributed by atoms with Gasteiger partial charge in [-0.05, 0) is 26.1 Å². The first kappa shape index (κ1) is 19.7. The molecule has 0 saturated heterocycles. The molecule has 134 valence electrons. The number of alkyl halides is 3. The Bertz CT molecular complexity index is 593. The van der Waals surface area contributed by atoms with Crippen molar-refractivity contribution in [3.63, 3.8) is 0 Å². The second-order valence-electron chi connectivity index (χ2n) is 5.16. The normalized spacial score (nSPS) is 12.5. The summed E-state index contributed by atoms with van der Waals surface area (Å²) in [6.45, 7) is 2.37. The first-order valence-corrected chi connectivity index (χ1v) is 7.18. The van der Waals surface area contributed by atoms with Crippen molar-refractivity contribution in [2.45, 2.75) is 25.6 Å².